The van der Waals surface area contributed by atoms with Gasteiger partial charge < -0.3 is 9.97 Å². The van der Waals surface area contributed by atoms with Crippen molar-refractivity contribution >= 4 is 22.1 Å². The molecule has 0 aliphatic rings. The normalized spacial score (nSPS) is 11.5. The molecule has 4 aromatic rings. The Bertz CT molecular complexity index is 993. The summed E-state index contributed by atoms with van der Waals surface area (Å²) in [6, 6.07) is 15.1. The van der Waals surface area contributed by atoms with E-state index in [0.29, 0.717) is 13.1 Å². The second kappa shape index (κ2) is 4.77. The Morgan fingerprint density at radius 2 is 1.09 bits per heavy atom. The molecule has 110 valence electrons. The molecule has 2 N–H and O–H groups in total. The van der Waals surface area contributed by atoms with E-state index >= 15 is 0 Å². The molecule has 0 bridgehead atoms. The molecule has 0 radical (unpaired) electrons. The maximum absolute atomic E-state index is 12.1. The fourth-order valence-electron chi connectivity index (χ4n) is 2.86. The molecule has 6 heteroatoms. The number of rotatable bonds is 3. The van der Waals surface area contributed by atoms with Gasteiger partial charge in [-0.25, -0.2) is 9.59 Å². The number of aromatic amines is 2. The van der Waals surface area contributed by atoms with E-state index < -0.39 is 0 Å². The quantitative estimate of drug-likeness (QED) is 0.603. The molecule has 0 unspecified atom stereocenters. The SMILES string of the molecule is O=c1[nH]c2ccccc2n1CCn1c(=O)[nH]c2ccccc21. The van der Waals surface area contributed by atoms with Crippen LogP contribution in [0.1, 0.15) is 0 Å². The van der Waals surface area contributed by atoms with Crippen LogP contribution in [0.3, 0.4) is 0 Å². The first kappa shape index (κ1) is 12.7. The fraction of sp³-hybridized carbons (Fsp3) is 0.125. The van der Waals surface area contributed by atoms with Crippen molar-refractivity contribution in [3.05, 3.63) is 69.5 Å². The summed E-state index contributed by atoms with van der Waals surface area (Å²) in [6.45, 7) is 0.870. The van der Waals surface area contributed by atoms with Gasteiger partial charge in [0, 0.05) is 13.1 Å². The zero-order valence-electron chi connectivity index (χ0n) is 11.7. The average Bonchev–Trinajstić information content (AvgIpc) is 3.01. The monoisotopic (exact) mass is 294 g/mol. The maximum atomic E-state index is 12.1. The van der Waals surface area contributed by atoms with Crippen molar-refractivity contribution in [3.8, 4) is 0 Å². The molecule has 0 spiro atoms. The van der Waals surface area contributed by atoms with Gasteiger partial charge in [0.1, 0.15) is 0 Å². The van der Waals surface area contributed by atoms with Gasteiger partial charge in [-0.1, -0.05) is 24.3 Å². The van der Waals surface area contributed by atoms with Gasteiger partial charge in [0.2, 0.25) is 0 Å². The second-order valence-corrected chi connectivity index (χ2v) is 5.20. The molecular formula is C16H14N4O2. The zero-order chi connectivity index (χ0) is 15.1. The van der Waals surface area contributed by atoms with Crippen molar-refractivity contribution in [1.29, 1.82) is 0 Å². The van der Waals surface area contributed by atoms with Crippen molar-refractivity contribution in [2.75, 3.05) is 0 Å². The van der Waals surface area contributed by atoms with E-state index in [1.54, 1.807) is 9.13 Å². The van der Waals surface area contributed by atoms with Gasteiger partial charge in [0.25, 0.3) is 0 Å². The molecular weight excluding hydrogens is 280 g/mol. The highest BCUT2D eigenvalue weighted by Gasteiger charge is 2.09. The number of aromatic nitrogens is 4. The highest BCUT2D eigenvalue weighted by Crippen LogP contribution is 2.11. The first-order chi connectivity index (χ1) is 10.7. The summed E-state index contributed by atoms with van der Waals surface area (Å²) < 4.78 is 3.31. The Labute approximate surface area is 124 Å². The first-order valence-corrected chi connectivity index (χ1v) is 7.09. The Morgan fingerprint density at radius 3 is 1.55 bits per heavy atom. The van der Waals surface area contributed by atoms with Crippen LogP contribution in [0.4, 0.5) is 0 Å². The van der Waals surface area contributed by atoms with Crippen LogP contribution in [0.25, 0.3) is 22.1 Å². The number of nitrogens with zero attached hydrogens (tertiary/aromatic N) is 2. The van der Waals surface area contributed by atoms with Crippen molar-refractivity contribution in [2.45, 2.75) is 13.1 Å². The van der Waals surface area contributed by atoms with Crippen molar-refractivity contribution in [3.63, 3.8) is 0 Å². The van der Waals surface area contributed by atoms with Crippen LogP contribution in [-0.4, -0.2) is 19.1 Å². The van der Waals surface area contributed by atoms with Crippen molar-refractivity contribution in [1.82, 2.24) is 19.1 Å². The zero-order valence-corrected chi connectivity index (χ0v) is 11.7. The summed E-state index contributed by atoms with van der Waals surface area (Å²) >= 11 is 0. The number of hydrogen-bond donors (Lipinski definition) is 2. The lowest BCUT2D eigenvalue weighted by Gasteiger charge is -2.05. The molecule has 2 aromatic carbocycles. The minimum atomic E-state index is -0.158. The van der Waals surface area contributed by atoms with Crippen LogP contribution in [0.5, 0.6) is 0 Å². The standard InChI is InChI=1S/C16H14N4O2/c21-15-17-11-5-1-3-7-13(11)19(15)9-10-20-14-8-4-2-6-12(14)18-16(20)22/h1-8H,9-10H2,(H,17,21)(H,18,22). The lowest BCUT2D eigenvalue weighted by Crippen LogP contribution is -2.24. The van der Waals surface area contributed by atoms with Crippen LogP contribution in [-0.2, 0) is 13.1 Å². The van der Waals surface area contributed by atoms with Gasteiger partial charge in [-0.15, -0.1) is 0 Å². The lowest BCUT2D eigenvalue weighted by atomic mass is 10.3. The molecule has 0 amide bonds. The van der Waals surface area contributed by atoms with Crippen LogP contribution in [0.15, 0.2) is 58.1 Å². The minimum absolute atomic E-state index is 0.158. The highest BCUT2D eigenvalue weighted by molar-refractivity contribution is 5.75. The number of hydrogen-bond acceptors (Lipinski definition) is 2. The van der Waals surface area contributed by atoms with Crippen LogP contribution in [0, 0.1) is 0 Å². The number of benzene rings is 2. The lowest BCUT2D eigenvalue weighted by molar-refractivity contribution is 0.576. The van der Waals surface area contributed by atoms with E-state index in [-0.39, 0.29) is 11.4 Å². The Morgan fingerprint density at radius 1 is 0.682 bits per heavy atom. The number of H-pyrrole nitrogens is 2. The second-order valence-electron chi connectivity index (χ2n) is 5.20. The number of nitrogens with one attached hydrogen (secondary N) is 2. The first-order valence-electron chi connectivity index (χ1n) is 7.09. The fourth-order valence-corrected chi connectivity index (χ4v) is 2.86. The predicted octanol–water partition coefficient (Wildman–Crippen LogP) is 1.67. The van der Waals surface area contributed by atoms with Gasteiger partial charge in [-0.05, 0) is 24.3 Å². The van der Waals surface area contributed by atoms with E-state index in [2.05, 4.69) is 9.97 Å². The molecule has 0 saturated heterocycles. The predicted molar refractivity (Wildman–Crippen MR) is 85.1 cm³/mol. The van der Waals surface area contributed by atoms with E-state index in [1.807, 2.05) is 48.5 Å². The summed E-state index contributed by atoms with van der Waals surface area (Å²) in [7, 11) is 0. The number of aryl methyl sites for hydroxylation is 2. The molecule has 22 heavy (non-hydrogen) atoms. The molecule has 0 aliphatic heterocycles. The van der Waals surface area contributed by atoms with E-state index in [4.69, 9.17) is 0 Å². The Hall–Kier alpha value is -3.02. The number of para-hydroxylation sites is 4. The van der Waals surface area contributed by atoms with Gasteiger partial charge in [0.15, 0.2) is 0 Å². The van der Waals surface area contributed by atoms with Crippen molar-refractivity contribution < 1.29 is 0 Å². The summed E-state index contributed by atoms with van der Waals surface area (Å²) in [6.07, 6.45) is 0. The molecule has 2 aromatic heterocycles. The van der Waals surface area contributed by atoms with Crippen LogP contribution >= 0.6 is 0 Å². The van der Waals surface area contributed by atoms with Crippen LogP contribution < -0.4 is 11.4 Å². The Kier molecular flexibility index (Phi) is 2.75. The molecule has 2 heterocycles. The number of imidazole rings is 2. The van der Waals surface area contributed by atoms with Gasteiger partial charge in [-0.3, -0.25) is 9.13 Å². The van der Waals surface area contributed by atoms with Gasteiger partial charge >= 0.3 is 11.4 Å². The molecule has 0 fully saturated rings. The molecule has 0 aliphatic carbocycles. The molecule has 0 atom stereocenters. The molecule has 6 nitrogen and oxygen atoms in total. The third-order valence-electron chi connectivity index (χ3n) is 3.91. The summed E-state index contributed by atoms with van der Waals surface area (Å²) in [5.74, 6) is 0. The van der Waals surface area contributed by atoms with Crippen LogP contribution in [0.2, 0.25) is 0 Å². The highest BCUT2D eigenvalue weighted by atomic mass is 16.1. The van der Waals surface area contributed by atoms with Gasteiger partial charge in [-0.2, -0.15) is 0 Å². The average molecular weight is 294 g/mol. The van der Waals surface area contributed by atoms with Crippen molar-refractivity contribution in [2.24, 2.45) is 0 Å². The molecule has 4 rings (SSSR count). The smallest absolute Gasteiger partial charge is 0.306 e. The number of fused-ring (bicyclic) bond motifs is 2. The third kappa shape index (κ3) is 1.88. The van der Waals surface area contributed by atoms with Gasteiger partial charge in [0.05, 0.1) is 22.1 Å². The topological polar surface area (TPSA) is 75.6 Å². The Balaban J connectivity index is 1.75. The maximum Gasteiger partial charge on any atom is 0.326 e. The van der Waals surface area contributed by atoms with E-state index in [0.717, 1.165) is 22.1 Å². The van der Waals surface area contributed by atoms with E-state index in [9.17, 15) is 9.59 Å². The summed E-state index contributed by atoms with van der Waals surface area (Å²) in [4.78, 5) is 29.8. The van der Waals surface area contributed by atoms with E-state index in [1.165, 1.54) is 0 Å². The minimum Gasteiger partial charge on any atom is -0.306 e. The summed E-state index contributed by atoms with van der Waals surface area (Å²) in [5.41, 5.74) is 2.99. The summed E-state index contributed by atoms with van der Waals surface area (Å²) in [5, 5.41) is 0. The molecule has 0 saturated carbocycles. The third-order valence-corrected chi connectivity index (χ3v) is 3.91. The largest absolute Gasteiger partial charge is 0.326 e.